The number of piperazine rings is 1. The van der Waals surface area contributed by atoms with Gasteiger partial charge in [-0.3, -0.25) is 19.2 Å². The van der Waals surface area contributed by atoms with Gasteiger partial charge in [0.15, 0.2) is 11.2 Å². The Hall–Kier alpha value is -2.65. The van der Waals surface area contributed by atoms with Crippen molar-refractivity contribution in [3.63, 3.8) is 0 Å². The van der Waals surface area contributed by atoms with Crippen molar-refractivity contribution < 1.29 is 0 Å². The highest BCUT2D eigenvalue weighted by Crippen LogP contribution is 2.22. The van der Waals surface area contributed by atoms with Crippen LogP contribution in [0.3, 0.4) is 0 Å². The van der Waals surface area contributed by atoms with E-state index >= 15 is 0 Å². The first-order valence-electron chi connectivity index (χ1n) is 9.89. The maximum absolute atomic E-state index is 12.5. The molecule has 1 aromatic carbocycles. The van der Waals surface area contributed by atoms with Crippen molar-refractivity contribution in [1.82, 2.24) is 24.0 Å². The lowest BCUT2D eigenvalue weighted by atomic mass is 10.2. The minimum absolute atomic E-state index is 0.400. The summed E-state index contributed by atoms with van der Waals surface area (Å²) in [5.74, 6) is 0.711. The number of allylic oxidation sites excluding steroid dienone is 1. The van der Waals surface area contributed by atoms with Crippen LogP contribution in [0.2, 0.25) is 0 Å². The van der Waals surface area contributed by atoms with E-state index in [1.54, 1.807) is 7.05 Å². The van der Waals surface area contributed by atoms with Gasteiger partial charge in [0.05, 0.1) is 0 Å². The molecule has 1 aliphatic rings. The number of imidazole rings is 1. The summed E-state index contributed by atoms with van der Waals surface area (Å²) < 4.78 is 4.34. The number of nitrogens with zero attached hydrogens (tertiary/aromatic N) is 5. The number of nitrogens with one attached hydrogen (secondary N) is 1. The van der Waals surface area contributed by atoms with Gasteiger partial charge in [0.25, 0.3) is 5.56 Å². The molecular formula is C21H25BrN6O2. The Labute approximate surface area is 182 Å². The van der Waals surface area contributed by atoms with Gasteiger partial charge < -0.3 is 9.47 Å². The minimum Gasteiger partial charge on any atom is -0.340 e. The van der Waals surface area contributed by atoms with Crippen molar-refractivity contribution >= 4 is 33.0 Å². The summed E-state index contributed by atoms with van der Waals surface area (Å²) >= 11 is 3.48. The third kappa shape index (κ3) is 3.99. The fraction of sp³-hybridized carbons (Fsp3) is 0.381. The minimum atomic E-state index is -0.460. The lowest BCUT2D eigenvalue weighted by Gasteiger charge is -2.35. The van der Waals surface area contributed by atoms with Crippen LogP contribution in [-0.4, -0.2) is 50.2 Å². The van der Waals surface area contributed by atoms with E-state index in [0.717, 1.165) is 42.8 Å². The van der Waals surface area contributed by atoms with Gasteiger partial charge in [0.1, 0.15) is 0 Å². The Morgan fingerprint density at radius 2 is 1.83 bits per heavy atom. The van der Waals surface area contributed by atoms with Crippen molar-refractivity contribution in [2.75, 3.05) is 31.1 Å². The number of benzene rings is 1. The third-order valence-electron chi connectivity index (χ3n) is 5.39. The molecule has 0 radical (unpaired) electrons. The van der Waals surface area contributed by atoms with Crippen LogP contribution in [0.5, 0.6) is 0 Å². The Kier molecular flexibility index (Phi) is 5.66. The van der Waals surface area contributed by atoms with Crippen molar-refractivity contribution in [2.24, 2.45) is 7.05 Å². The zero-order chi connectivity index (χ0) is 21.4. The van der Waals surface area contributed by atoms with Crippen LogP contribution in [0, 0.1) is 0 Å². The molecule has 0 spiro atoms. The Balaban J connectivity index is 1.60. The summed E-state index contributed by atoms with van der Waals surface area (Å²) in [4.78, 5) is 36.2. The van der Waals surface area contributed by atoms with Crippen LogP contribution >= 0.6 is 15.9 Å². The topological polar surface area (TPSA) is 79.2 Å². The Bertz CT molecular complexity index is 1200. The Morgan fingerprint density at radius 3 is 2.47 bits per heavy atom. The normalized spacial score (nSPS) is 15.1. The first-order valence-corrected chi connectivity index (χ1v) is 10.7. The number of aryl methyl sites for hydroxylation is 1. The van der Waals surface area contributed by atoms with Gasteiger partial charge in [-0.05, 0) is 24.6 Å². The second kappa shape index (κ2) is 8.23. The molecule has 1 saturated heterocycles. The molecule has 1 aliphatic heterocycles. The molecule has 158 valence electrons. The van der Waals surface area contributed by atoms with Crippen molar-refractivity contribution in [1.29, 1.82) is 0 Å². The van der Waals surface area contributed by atoms with E-state index in [0.29, 0.717) is 23.7 Å². The van der Waals surface area contributed by atoms with Gasteiger partial charge in [0, 0.05) is 50.8 Å². The molecule has 0 amide bonds. The van der Waals surface area contributed by atoms with Crippen LogP contribution in [0.1, 0.15) is 12.5 Å². The SMILES string of the molecule is C=C(C)Cn1c(N2CCN(Cc3ccc(Br)cc3)CC2)nc2c1c(=O)[nH]c(=O)n2C. The number of anilines is 1. The second-order valence-electron chi connectivity index (χ2n) is 7.84. The molecule has 2 aromatic heterocycles. The number of H-pyrrole nitrogens is 1. The van der Waals surface area contributed by atoms with Crippen LogP contribution in [0.25, 0.3) is 11.2 Å². The van der Waals surface area contributed by atoms with Gasteiger partial charge in [-0.15, -0.1) is 0 Å². The number of hydrogen-bond acceptors (Lipinski definition) is 5. The largest absolute Gasteiger partial charge is 0.340 e. The predicted molar refractivity (Wildman–Crippen MR) is 122 cm³/mol. The standard InChI is InChI=1S/C21H25BrN6O2/c1-14(2)12-28-17-18(25(3)21(30)24-19(17)29)23-20(28)27-10-8-26(9-11-27)13-15-4-6-16(22)7-5-15/h4-7H,1,8-13H2,2-3H3,(H,24,29,30). The number of halogens is 1. The molecule has 1 N–H and O–H groups in total. The van der Waals surface area contributed by atoms with Gasteiger partial charge in [-0.1, -0.05) is 40.2 Å². The van der Waals surface area contributed by atoms with Crippen molar-refractivity contribution in [3.8, 4) is 0 Å². The summed E-state index contributed by atoms with van der Waals surface area (Å²) in [7, 11) is 1.62. The van der Waals surface area contributed by atoms with Crippen LogP contribution in [0.15, 0.2) is 50.5 Å². The second-order valence-corrected chi connectivity index (χ2v) is 8.75. The van der Waals surface area contributed by atoms with Gasteiger partial charge in [0.2, 0.25) is 5.95 Å². The molecular weight excluding hydrogens is 448 g/mol. The van der Waals surface area contributed by atoms with Crippen molar-refractivity contribution in [3.05, 3.63) is 67.3 Å². The highest BCUT2D eigenvalue weighted by atomic mass is 79.9. The lowest BCUT2D eigenvalue weighted by molar-refractivity contribution is 0.248. The van der Waals surface area contributed by atoms with E-state index in [4.69, 9.17) is 4.98 Å². The summed E-state index contributed by atoms with van der Waals surface area (Å²) in [5, 5.41) is 0. The van der Waals surface area contributed by atoms with E-state index in [2.05, 4.69) is 61.6 Å². The molecule has 1 fully saturated rings. The van der Waals surface area contributed by atoms with Crippen LogP contribution < -0.4 is 16.1 Å². The van der Waals surface area contributed by atoms with Gasteiger partial charge in [-0.25, -0.2) is 4.79 Å². The molecule has 3 aromatic rings. The zero-order valence-electron chi connectivity index (χ0n) is 17.2. The molecule has 0 unspecified atom stereocenters. The summed E-state index contributed by atoms with van der Waals surface area (Å²) in [5.41, 5.74) is 2.13. The average molecular weight is 473 g/mol. The fourth-order valence-electron chi connectivity index (χ4n) is 3.84. The molecule has 30 heavy (non-hydrogen) atoms. The predicted octanol–water partition coefficient (Wildman–Crippen LogP) is 2.08. The maximum Gasteiger partial charge on any atom is 0.329 e. The third-order valence-corrected chi connectivity index (χ3v) is 5.92. The summed E-state index contributed by atoms with van der Waals surface area (Å²) in [6, 6.07) is 8.39. The average Bonchev–Trinajstić information content (AvgIpc) is 3.08. The number of rotatable bonds is 5. The fourth-order valence-corrected chi connectivity index (χ4v) is 4.10. The maximum atomic E-state index is 12.5. The van der Waals surface area contributed by atoms with E-state index in [1.807, 2.05) is 11.5 Å². The number of aromatic amines is 1. The molecule has 0 bridgehead atoms. The molecule has 0 atom stereocenters. The lowest BCUT2D eigenvalue weighted by Crippen LogP contribution is -2.46. The number of hydrogen-bond donors (Lipinski definition) is 1. The van der Waals surface area contributed by atoms with Crippen molar-refractivity contribution in [2.45, 2.75) is 20.0 Å². The smallest absolute Gasteiger partial charge is 0.329 e. The quantitative estimate of drug-likeness (QED) is 0.575. The summed E-state index contributed by atoms with van der Waals surface area (Å²) in [6.45, 7) is 10.7. The molecule has 3 heterocycles. The zero-order valence-corrected chi connectivity index (χ0v) is 18.8. The van der Waals surface area contributed by atoms with Crippen LogP contribution in [-0.2, 0) is 20.1 Å². The molecule has 0 saturated carbocycles. The highest BCUT2D eigenvalue weighted by Gasteiger charge is 2.25. The first kappa shape index (κ1) is 20.6. The van der Waals surface area contributed by atoms with E-state index in [9.17, 15) is 9.59 Å². The molecule has 0 aliphatic carbocycles. The number of aromatic nitrogens is 4. The number of fused-ring (bicyclic) bond motifs is 1. The van der Waals surface area contributed by atoms with E-state index in [-0.39, 0.29) is 0 Å². The summed E-state index contributed by atoms with van der Waals surface area (Å²) in [6.07, 6.45) is 0. The van der Waals surface area contributed by atoms with E-state index in [1.165, 1.54) is 10.1 Å². The highest BCUT2D eigenvalue weighted by molar-refractivity contribution is 9.10. The van der Waals surface area contributed by atoms with Gasteiger partial charge >= 0.3 is 5.69 Å². The molecule has 8 nitrogen and oxygen atoms in total. The van der Waals surface area contributed by atoms with Crippen LogP contribution in [0.4, 0.5) is 5.95 Å². The molecule has 9 heteroatoms. The monoisotopic (exact) mass is 472 g/mol. The van der Waals surface area contributed by atoms with Gasteiger partial charge in [-0.2, -0.15) is 4.98 Å². The first-order chi connectivity index (χ1) is 14.3. The molecule has 4 rings (SSSR count). The van der Waals surface area contributed by atoms with E-state index < -0.39 is 11.2 Å². The Morgan fingerprint density at radius 1 is 1.17 bits per heavy atom.